The quantitative estimate of drug-likeness (QED) is 0.516. The van der Waals surface area contributed by atoms with Gasteiger partial charge in [-0.05, 0) is 68.3 Å². The van der Waals surface area contributed by atoms with Crippen molar-refractivity contribution in [1.82, 2.24) is 10.2 Å². The first kappa shape index (κ1) is 24.9. The average Bonchev–Trinajstić information content (AvgIpc) is 3.06. The van der Waals surface area contributed by atoms with E-state index in [-0.39, 0.29) is 30.3 Å². The molecule has 1 amide bonds. The fourth-order valence-electron chi connectivity index (χ4n) is 4.11. The second-order valence-corrected chi connectivity index (χ2v) is 10.3. The van der Waals surface area contributed by atoms with Crippen LogP contribution in [0.3, 0.4) is 0 Å². The van der Waals surface area contributed by atoms with Crippen molar-refractivity contribution in [3.05, 3.63) is 0 Å². The summed E-state index contributed by atoms with van der Waals surface area (Å²) < 4.78 is 22.7. The van der Waals surface area contributed by atoms with Crippen molar-refractivity contribution in [3.8, 4) is 0 Å². The zero-order chi connectivity index (χ0) is 22.9. The minimum Gasteiger partial charge on any atom is -0.467 e. The molecular weight excluding hydrogens is 387 g/mol. The normalized spacial score (nSPS) is 28.0. The van der Waals surface area contributed by atoms with Crippen molar-refractivity contribution in [2.45, 2.75) is 96.5 Å². The molecule has 1 unspecified atom stereocenters. The summed E-state index contributed by atoms with van der Waals surface area (Å²) in [6, 6.07) is -0.708. The fourth-order valence-corrected chi connectivity index (χ4v) is 4.11. The van der Waals surface area contributed by atoms with Crippen molar-refractivity contribution in [2.24, 2.45) is 5.92 Å². The average molecular weight is 426 g/mol. The van der Waals surface area contributed by atoms with E-state index in [1.165, 1.54) is 12.0 Å². The van der Waals surface area contributed by atoms with Crippen molar-refractivity contribution < 1.29 is 28.4 Å². The highest BCUT2D eigenvalue weighted by Gasteiger charge is 2.52. The highest BCUT2D eigenvalue weighted by Crippen LogP contribution is 2.39. The number of likely N-dealkylation sites (tertiary alicyclic amines) is 1. The van der Waals surface area contributed by atoms with Gasteiger partial charge >= 0.3 is 19.2 Å². The third kappa shape index (κ3) is 5.48. The number of amides is 1. The Balaban J connectivity index is 2.07. The Morgan fingerprint density at radius 2 is 1.73 bits per heavy atom. The topological polar surface area (TPSA) is 86.3 Å². The van der Waals surface area contributed by atoms with E-state index in [1.807, 2.05) is 55.5 Å². The van der Waals surface area contributed by atoms with Crippen LogP contribution in [0.5, 0.6) is 0 Å². The molecule has 2 heterocycles. The van der Waals surface area contributed by atoms with Gasteiger partial charge in [-0.25, -0.2) is 9.59 Å². The molecule has 9 heteroatoms. The number of likely N-dealkylation sites (N-methyl/N-ethyl adjacent to an activating group) is 1. The predicted molar refractivity (Wildman–Crippen MR) is 115 cm³/mol. The van der Waals surface area contributed by atoms with Gasteiger partial charge in [0.2, 0.25) is 0 Å². The van der Waals surface area contributed by atoms with E-state index >= 15 is 0 Å². The zero-order valence-corrected chi connectivity index (χ0v) is 20.0. The molecule has 172 valence electrons. The lowest BCUT2D eigenvalue weighted by Gasteiger charge is -2.32. The van der Waals surface area contributed by atoms with Gasteiger partial charge < -0.3 is 24.1 Å². The maximum absolute atomic E-state index is 12.8. The fraction of sp³-hybridized carbons (Fsp3) is 0.905. The minimum atomic E-state index is -0.680. The molecule has 8 nitrogen and oxygen atoms in total. The van der Waals surface area contributed by atoms with Gasteiger partial charge in [-0.3, -0.25) is 4.90 Å². The number of ether oxygens (including phenoxy) is 2. The summed E-state index contributed by atoms with van der Waals surface area (Å²) in [5, 5.41) is 3.26. The van der Waals surface area contributed by atoms with Crippen LogP contribution in [0, 0.1) is 5.92 Å². The Morgan fingerprint density at radius 3 is 2.20 bits per heavy atom. The molecule has 30 heavy (non-hydrogen) atoms. The molecule has 2 aliphatic rings. The van der Waals surface area contributed by atoms with Gasteiger partial charge in [-0.1, -0.05) is 6.42 Å². The molecule has 2 rings (SSSR count). The molecule has 2 aliphatic heterocycles. The molecular formula is C21H39BN2O6. The van der Waals surface area contributed by atoms with Gasteiger partial charge in [0, 0.05) is 18.5 Å². The second-order valence-electron chi connectivity index (χ2n) is 10.3. The van der Waals surface area contributed by atoms with E-state index in [0.717, 1.165) is 19.2 Å². The summed E-state index contributed by atoms with van der Waals surface area (Å²) in [4.78, 5) is 26.9. The highest BCUT2D eigenvalue weighted by atomic mass is 16.7. The van der Waals surface area contributed by atoms with Crippen LogP contribution >= 0.6 is 0 Å². The van der Waals surface area contributed by atoms with E-state index in [0.29, 0.717) is 6.54 Å². The van der Waals surface area contributed by atoms with Crippen LogP contribution in [-0.2, 0) is 23.6 Å². The molecule has 0 radical (unpaired) electrons. The summed E-state index contributed by atoms with van der Waals surface area (Å²) in [6.45, 7) is 14.0. The Morgan fingerprint density at radius 1 is 1.17 bits per heavy atom. The van der Waals surface area contributed by atoms with Crippen molar-refractivity contribution >= 4 is 19.2 Å². The number of nitrogens with one attached hydrogen (secondary N) is 1. The Kier molecular flexibility index (Phi) is 7.52. The molecule has 2 saturated heterocycles. The summed E-state index contributed by atoms with van der Waals surface area (Å²) in [5.74, 6) is -0.503. The summed E-state index contributed by atoms with van der Waals surface area (Å²) >= 11 is 0. The number of rotatable bonds is 6. The number of esters is 1. The maximum atomic E-state index is 12.8. The standard InChI is InChI=1S/C21H39BN2O6/c1-19(2,3)28-18(26)24-13-15(23-8)14(16(24)17(25)27-9)11-10-12-22-29-20(4,5)21(6,7)30-22/h14-16,23H,10-13H2,1-9H3/t14-,15+,16?/m1/s1. The van der Waals surface area contributed by atoms with Gasteiger partial charge in [0.25, 0.3) is 0 Å². The van der Waals surface area contributed by atoms with E-state index in [9.17, 15) is 9.59 Å². The summed E-state index contributed by atoms with van der Waals surface area (Å²) in [7, 11) is 2.92. The lowest BCUT2D eigenvalue weighted by atomic mass is 9.79. The predicted octanol–water partition coefficient (Wildman–Crippen LogP) is 2.86. The van der Waals surface area contributed by atoms with Gasteiger partial charge in [-0.15, -0.1) is 0 Å². The monoisotopic (exact) mass is 426 g/mol. The molecule has 3 atom stereocenters. The van der Waals surface area contributed by atoms with Crippen LogP contribution in [0.1, 0.15) is 61.3 Å². The van der Waals surface area contributed by atoms with Gasteiger partial charge in [0.1, 0.15) is 11.6 Å². The summed E-state index contributed by atoms with van der Waals surface area (Å²) in [6.07, 6.45) is 1.76. The molecule has 0 aromatic heterocycles. The second kappa shape index (κ2) is 9.05. The molecule has 0 aromatic carbocycles. The van der Waals surface area contributed by atoms with E-state index < -0.39 is 23.7 Å². The smallest absolute Gasteiger partial charge is 0.457 e. The van der Waals surface area contributed by atoms with E-state index in [2.05, 4.69) is 5.32 Å². The molecule has 1 N–H and O–H groups in total. The first-order valence-corrected chi connectivity index (χ1v) is 10.8. The lowest BCUT2D eigenvalue weighted by Crippen LogP contribution is -2.46. The Hall–Kier alpha value is -1.32. The Labute approximate surface area is 181 Å². The molecule has 0 bridgehead atoms. The molecule has 2 fully saturated rings. The largest absolute Gasteiger partial charge is 0.467 e. The van der Waals surface area contributed by atoms with Crippen LogP contribution in [0.4, 0.5) is 4.79 Å². The van der Waals surface area contributed by atoms with Crippen LogP contribution < -0.4 is 5.32 Å². The van der Waals surface area contributed by atoms with Gasteiger partial charge in [0.15, 0.2) is 0 Å². The molecule has 0 spiro atoms. The maximum Gasteiger partial charge on any atom is 0.457 e. The van der Waals surface area contributed by atoms with E-state index in [1.54, 1.807) is 0 Å². The van der Waals surface area contributed by atoms with Crippen LogP contribution in [0.2, 0.25) is 6.32 Å². The van der Waals surface area contributed by atoms with Crippen LogP contribution in [0.15, 0.2) is 0 Å². The number of hydrogen-bond acceptors (Lipinski definition) is 7. The number of nitrogens with zero attached hydrogens (tertiary/aromatic N) is 1. The van der Waals surface area contributed by atoms with Gasteiger partial charge in [-0.2, -0.15) is 0 Å². The molecule has 0 aliphatic carbocycles. The summed E-state index contributed by atoms with van der Waals surface area (Å²) in [5.41, 5.74) is -1.36. The van der Waals surface area contributed by atoms with Crippen molar-refractivity contribution in [3.63, 3.8) is 0 Å². The first-order valence-electron chi connectivity index (χ1n) is 10.8. The van der Waals surface area contributed by atoms with Crippen molar-refractivity contribution in [1.29, 1.82) is 0 Å². The van der Waals surface area contributed by atoms with Gasteiger partial charge in [0.05, 0.1) is 18.3 Å². The van der Waals surface area contributed by atoms with E-state index in [4.69, 9.17) is 18.8 Å². The minimum absolute atomic E-state index is 0.0279. The number of carbonyl (C=O) groups excluding carboxylic acids is 2. The number of hydrogen-bond donors (Lipinski definition) is 1. The highest BCUT2D eigenvalue weighted by molar-refractivity contribution is 6.45. The van der Waals surface area contributed by atoms with Crippen LogP contribution in [-0.4, -0.2) is 73.7 Å². The SMILES string of the molecule is CN[C@H]1CN(C(=O)OC(C)(C)C)C(C(=O)OC)[C@@H]1CCCB1OC(C)(C)C(C)(C)O1. The Bertz CT molecular complexity index is 617. The number of methoxy groups -OCH3 is 1. The lowest BCUT2D eigenvalue weighted by molar-refractivity contribution is -0.147. The van der Waals surface area contributed by atoms with Crippen molar-refractivity contribution in [2.75, 3.05) is 20.7 Å². The first-order chi connectivity index (χ1) is 13.7. The molecule has 0 saturated carbocycles. The zero-order valence-electron chi connectivity index (χ0n) is 20.0. The number of carbonyl (C=O) groups is 2. The third-order valence-electron chi connectivity index (χ3n) is 6.37. The van der Waals surface area contributed by atoms with Crippen LogP contribution in [0.25, 0.3) is 0 Å². The third-order valence-corrected chi connectivity index (χ3v) is 6.37. The molecule has 0 aromatic rings.